The van der Waals surface area contributed by atoms with Gasteiger partial charge in [-0.25, -0.2) is 9.78 Å². The van der Waals surface area contributed by atoms with E-state index in [9.17, 15) is 4.79 Å². The minimum Gasteiger partial charge on any atom is -0.476 e. The molecule has 1 N–H and O–H groups in total. The zero-order chi connectivity index (χ0) is 11.8. The highest BCUT2D eigenvalue weighted by Gasteiger charge is 2.18. The number of rotatable bonds is 2. The molecular weight excluding hydrogens is 240 g/mol. The predicted octanol–water partition coefficient (Wildman–Crippen LogP) is 2.65. The Labute approximate surface area is 99.4 Å². The van der Waals surface area contributed by atoms with Gasteiger partial charge in [-0.15, -0.1) is 11.3 Å². The van der Waals surface area contributed by atoms with Gasteiger partial charge in [-0.05, 0) is 12.1 Å². The van der Waals surface area contributed by atoms with E-state index < -0.39 is 5.97 Å². The van der Waals surface area contributed by atoms with Gasteiger partial charge in [0.25, 0.3) is 0 Å². The van der Waals surface area contributed by atoms with Gasteiger partial charge in [0.1, 0.15) is 10.6 Å². The van der Waals surface area contributed by atoms with Crippen molar-refractivity contribution in [2.75, 3.05) is 0 Å². The smallest absolute Gasteiger partial charge is 0.356 e. The summed E-state index contributed by atoms with van der Waals surface area (Å²) in [6, 6.07) is 3.60. The fourth-order valence-corrected chi connectivity index (χ4v) is 2.30. The highest BCUT2D eigenvalue weighted by molar-refractivity contribution is 7.13. The standard InChI is InChI=1S/C11H6N2O3S/c14-11(15)9-10(17-5-13-9)7-3-6-1-2-12-4-8(6)16-7/h1-5H,(H,14,15). The molecule has 0 saturated carbocycles. The van der Waals surface area contributed by atoms with Crippen molar-refractivity contribution in [3.63, 3.8) is 0 Å². The van der Waals surface area contributed by atoms with E-state index in [0.29, 0.717) is 16.2 Å². The van der Waals surface area contributed by atoms with Crippen LogP contribution < -0.4 is 0 Å². The molecule has 17 heavy (non-hydrogen) atoms. The lowest BCUT2D eigenvalue weighted by Crippen LogP contribution is -1.97. The van der Waals surface area contributed by atoms with Crippen LogP contribution in [0.5, 0.6) is 0 Å². The predicted molar refractivity (Wildman–Crippen MR) is 62.1 cm³/mol. The zero-order valence-corrected chi connectivity index (χ0v) is 9.27. The van der Waals surface area contributed by atoms with Crippen molar-refractivity contribution in [3.05, 3.63) is 35.7 Å². The average Bonchev–Trinajstić information content (AvgIpc) is 2.95. The highest BCUT2D eigenvalue weighted by Crippen LogP contribution is 2.32. The van der Waals surface area contributed by atoms with Gasteiger partial charge in [0.15, 0.2) is 11.3 Å². The number of furan rings is 1. The number of carboxylic acid groups (broad SMARTS) is 1. The Kier molecular flexibility index (Phi) is 2.15. The fourth-order valence-electron chi connectivity index (χ4n) is 1.57. The Balaban J connectivity index is 2.20. The number of hydrogen-bond donors (Lipinski definition) is 1. The average molecular weight is 246 g/mol. The number of aromatic carboxylic acids is 1. The van der Waals surface area contributed by atoms with Crippen LogP contribution in [0, 0.1) is 0 Å². The third-order valence-corrected chi connectivity index (χ3v) is 3.16. The molecular formula is C11H6N2O3S. The van der Waals surface area contributed by atoms with E-state index in [2.05, 4.69) is 9.97 Å². The maximum absolute atomic E-state index is 11.0. The first-order chi connectivity index (χ1) is 8.25. The lowest BCUT2D eigenvalue weighted by Gasteiger charge is -1.92. The van der Waals surface area contributed by atoms with Gasteiger partial charge in [0.2, 0.25) is 0 Å². The Morgan fingerprint density at radius 3 is 3.12 bits per heavy atom. The maximum atomic E-state index is 11.0. The van der Waals surface area contributed by atoms with Gasteiger partial charge in [0.05, 0.1) is 11.7 Å². The van der Waals surface area contributed by atoms with Crippen LogP contribution in [0.15, 0.2) is 34.5 Å². The van der Waals surface area contributed by atoms with E-state index >= 15 is 0 Å². The van der Waals surface area contributed by atoms with Gasteiger partial charge in [-0.3, -0.25) is 4.98 Å². The van der Waals surface area contributed by atoms with E-state index in [1.165, 1.54) is 16.8 Å². The van der Waals surface area contributed by atoms with Gasteiger partial charge in [0, 0.05) is 11.6 Å². The summed E-state index contributed by atoms with van der Waals surface area (Å²) in [4.78, 5) is 19.2. The summed E-state index contributed by atoms with van der Waals surface area (Å²) < 4.78 is 5.55. The number of pyridine rings is 1. The molecule has 6 heteroatoms. The summed E-state index contributed by atoms with van der Waals surface area (Å²) in [7, 11) is 0. The molecule has 5 nitrogen and oxygen atoms in total. The van der Waals surface area contributed by atoms with Crippen LogP contribution in [0.4, 0.5) is 0 Å². The Bertz CT molecular complexity index is 668. The third kappa shape index (κ3) is 1.58. The van der Waals surface area contributed by atoms with Gasteiger partial charge >= 0.3 is 5.97 Å². The second-order valence-electron chi connectivity index (χ2n) is 3.36. The quantitative estimate of drug-likeness (QED) is 0.752. The molecule has 3 aromatic rings. The Morgan fingerprint density at radius 1 is 1.47 bits per heavy atom. The molecule has 0 aliphatic heterocycles. The number of aromatic nitrogens is 2. The van der Waals surface area contributed by atoms with Crippen molar-refractivity contribution >= 4 is 28.3 Å². The van der Waals surface area contributed by atoms with Crippen molar-refractivity contribution in [1.82, 2.24) is 9.97 Å². The fraction of sp³-hybridized carbons (Fsp3) is 0. The Hall–Kier alpha value is -2.21. The molecule has 84 valence electrons. The number of thiazole rings is 1. The number of fused-ring (bicyclic) bond motifs is 1. The SMILES string of the molecule is O=C(O)c1ncsc1-c1cc2ccncc2o1. The minimum absolute atomic E-state index is 0.0158. The topological polar surface area (TPSA) is 76.2 Å². The molecule has 0 amide bonds. The second kappa shape index (κ2) is 3.67. The molecule has 3 aromatic heterocycles. The van der Waals surface area contributed by atoms with Crippen LogP contribution in [0.3, 0.4) is 0 Å². The summed E-state index contributed by atoms with van der Waals surface area (Å²) in [5.41, 5.74) is 2.14. The van der Waals surface area contributed by atoms with Crippen LogP contribution >= 0.6 is 11.3 Å². The molecule has 0 spiro atoms. The lowest BCUT2D eigenvalue weighted by molar-refractivity contribution is 0.0692. The summed E-state index contributed by atoms with van der Waals surface area (Å²) in [6.07, 6.45) is 3.26. The van der Waals surface area contributed by atoms with E-state index in [1.54, 1.807) is 18.5 Å². The van der Waals surface area contributed by atoms with E-state index in [4.69, 9.17) is 9.52 Å². The summed E-state index contributed by atoms with van der Waals surface area (Å²) in [5.74, 6) is -0.548. The van der Waals surface area contributed by atoms with Crippen LogP contribution in [0.25, 0.3) is 21.6 Å². The molecule has 0 saturated heterocycles. The molecule has 0 atom stereocenters. The molecule has 3 rings (SSSR count). The molecule has 0 unspecified atom stereocenters. The number of nitrogens with zero attached hydrogens (tertiary/aromatic N) is 2. The molecule has 0 aromatic carbocycles. The lowest BCUT2D eigenvalue weighted by atomic mass is 10.2. The van der Waals surface area contributed by atoms with Gasteiger partial charge in [-0.1, -0.05) is 0 Å². The zero-order valence-electron chi connectivity index (χ0n) is 8.45. The van der Waals surface area contributed by atoms with Crippen LogP contribution in [0.1, 0.15) is 10.5 Å². The van der Waals surface area contributed by atoms with Crippen molar-refractivity contribution in [2.45, 2.75) is 0 Å². The minimum atomic E-state index is -1.06. The number of carboxylic acids is 1. The van der Waals surface area contributed by atoms with E-state index in [0.717, 1.165) is 5.39 Å². The van der Waals surface area contributed by atoms with E-state index in [-0.39, 0.29) is 5.69 Å². The van der Waals surface area contributed by atoms with Gasteiger partial charge in [-0.2, -0.15) is 0 Å². The first-order valence-electron chi connectivity index (χ1n) is 4.76. The Morgan fingerprint density at radius 2 is 2.35 bits per heavy atom. The number of hydrogen-bond acceptors (Lipinski definition) is 5. The first kappa shape index (κ1) is 9.98. The molecule has 0 aliphatic rings. The van der Waals surface area contributed by atoms with Crippen molar-refractivity contribution < 1.29 is 14.3 Å². The monoisotopic (exact) mass is 246 g/mol. The molecule has 3 heterocycles. The van der Waals surface area contributed by atoms with Crippen molar-refractivity contribution in [1.29, 1.82) is 0 Å². The summed E-state index contributed by atoms with van der Waals surface area (Å²) in [5, 5.41) is 9.87. The first-order valence-corrected chi connectivity index (χ1v) is 5.64. The van der Waals surface area contributed by atoms with E-state index in [1.807, 2.05) is 6.07 Å². The van der Waals surface area contributed by atoms with Crippen molar-refractivity contribution in [2.24, 2.45) is 0 Å². The maximum Gasteiger partial charge on any atom is 0.356 e. The summed E-state index contributed by atoms with van der Waals surface area (Å²) >= 11 is 1.24. The molecule has 0 bridgehead atoms. The molecule has 0 fully saturated rings. The van der Waals surface area contributed by atoms with Crippen LogP contribution in [-0.2, 0) is 0 Å². The van der Waals surface area contributed by atoms with Crippen LogP contribution in [0.2, 0.25) is 0 Å². The normalized spacial score (nSPS) is 10.8. The largest absolute Gasteiger partial charge is 0.476 e. The highest BCUT2D eigenvalue weighted by atomic mass is 32.1. The van der Waals surface area contributed by atoms with Gasteiger partial charge < -0.3 is 9.52 Å². The summed E-state index contributed by atoms with van der Waals surface area (Å²) in [6.45, 7) is 0. The van der Waals surface area contributed by atoms with Crippen molar-refractivity contribution in [3.8, 4) is 10.6 Å². The third-order valence-electron chi connectivity index (χ3n) is 2.32. The number of carbonyl (C=O) groups is 1. The molecule has 0 radical (unpaired) electrons. The van der Waals surface area contributed by atoms with Crippen LogP contribution in [-0.4, -0.2) is 21.0 Å². The second-order valence-corrected chi connectivity index (χ2v) is 4.21. The molecule has 0 aliphatic carbocycles.